The second kappa shape index (κ2) is 6.54. The summed E-state index contributed by atoms with van der Waals surface area (Å²) in [4.78, 5) is 16.3. The van der Waals surface area contributed by atoms with Crippen LogP contribution in [0, 0.1) is 13.8 Å². The quantitative estimate of drug-likeness (QED) is 0.860. The average molecular weight is 317 g/mol. The smallest absolute Gasteiger partial charge is 0.222 e. The van der Waals surface area contributed by atoms with E-state index in [4.69, 9.17) is 0 Å². The van der Waals surface area contributed by atoms with Crippen molar-refractivity contribution >= 4 is 5.91 Å². The molecule has 7 nitrogen and oxygen atoms in total. The van der Waals surface area contributed by atoms with Gasteiger partial charge in [0.25, 0.3) is 0 Å². The van der Waals surface area contributed by atoms with Gasteiger partial charge < -0.3 is 15.0 Å². The Balaban J connectivity index is 1.52. The average Bonchev–Trinajstić information content (AvgIpc) is 3.20. The van der Waals surface area contributed by atoms with Crippen LogP contribution in [0.4, 0.5) is 0 Å². The summed E-state index contributed by atoms with van der Waals surface area (Å²) < 4.78 is 3.75. The molecule has 0 aliphatic heterocycles. The van der Waals surface area contributed by atoms with Crippen molar-refractivity contribution in [3.63, 3.8) is 0 Å². The summed E-state index contributed by atoms with van der Waals surface area (Å²) in [5.41, 5.74) is 0.940. The van der Waals surface area contributed by atoms with Crippen molar-refractivity contribution in [3.8, 4) is 0 Å². The number of nitrogens with one attached hydrogen (secondary N) is 1. The maximum Gasteiger partial charge on any atom is 0.222 e. The SMILES string of the molecule is Cc1ccn(CCC(=O)N[C@@H]2CC[C@@H](n3ccnc3C)[C@@H]2O)n1. The van der Waals surface area contributed by atoms with E-state index in [-0.39, 0.29) is 18.0 Å². The largest absolute Gasteiger partial charge is 0.389 e. The summed E-state index contributed by atoms with van der Waals surface area (Å²) in [5.74, 6) is 0.834. The van der Waals surface area contributed by atoms with Crippen molar-refractivity contribution in [1.82, 2.24) is 24.6 Å². The van der Waals surface area contributed by atoms with Crippen molar-refractivity contribution in [3.05, 3.63) is 36.2 Å². The van der Waals surface area contributed by atoms with Gasteiger partial charge in [-0.15, -0.1) is 0 Å². The first kappa shape index (κ1) is 15.7. The third-order valence-electron chi connectivity index (χ3n) is 4.49. The molecule has 1 aliphatic rings. The van der Waals surface area contributed by atoms with E-state index in [2.05, 4.69) is 15.4 Å². The van der Waals surface area contributed by atoms with Crippen molar-refractivity contribution in [2.45, 2.75) is 57.8 Å². The van der Waals surface area contributed by atoms with Crippen LogP contribution < -0.4 is 5.32 Å². The van der Waals surface area contributed by atoms with Crippen molar-refractivity contribution in [1.29, 1.82) is 0 Å². The summed E-state index contributed by atoms with van der Waals surface area (Å²) in [6, 6.07) is 1.70. The minimum atomic E-state index is -0.584. The van der Waals surface area contributed by atoms with Crippen LogP contribution in [0.25, 0.3) is 0 Å². The van der Waals surface area contributed by atoms with Gasteiger partial charge in [0.15, 0.2) is 0 Å². The molecule has 2 aromatic heterocycles. The zero-order chi connectivity index (χ0) is 16.4. The summed E-state index contributed by atoms with van der Waals surface area (Å²) in [7, 11) is 0. The number of aryl methyl sites for hydroxylation is 3. The van der Waals surface area contributed by atoms with Crippen molar-refractivity contribution in [2.24, 2.45) is 0 Å². The Labute approximate surface area is 135 Å². The molecule has 0 unspecified atom stereocenters. The van der Waals surface area contributed by atoms with E-state index in [1.807, 2.05) is 36.9 Å². The van der Waals surface area contributed by atoms with E-state index in [0.717, 1.165) is 24.4 Å². The van der Waals surface area contributed by atoms with Gasteiger partial charge >= 0.3 is 0 Å². The van der Waals surface area contributed by atoms with Crippen LogP contribution in [-0.2, 0) is 11.3 Å². The second-order valence-electron chi connectivity index (χ2n) is 6.16. The first-order valence-electron chi connectivity index (χ1n) is 8.01. The molecule has 0 aromatic carbocycles. The molecule has 124 valence electrons. The van der Waals surface area contributed by atoms with Gasteiger partial charge in [0.2, 0.25) is 5.91 Å². The lowest BCUT2D eigenvalue weighted by Crippen LogP contribution is -2.42. The molecule has 1 amide bonds. The molecule has 1 aliphatic carbocycles. The number of carbonyl (C=O) groups excluding carboxylic acids is 1. The molecule has 1 saturated carbocycles. The Bertz CT molecular complexity index is 678. The van der Waals surface area contributed by atoms with Crippen LogP contribution in [0.3, 0.4) is 0 Å². The Morgan fingerprint density at radius 2 is 2.22 bits per heavy atom. The first-order chi connectivity index (χ1) is 11.0. The minimum absolute atomic E-state index is 0.0171. The molecule has 2 aromatic rings. The lowest BCUT2D eigenvalue weighted by Gasteiger charge is -2.22. The number of nitrogens with zero attached hydrogens (tertiary/aromatic N) is 4. The third-order valence-corrected chi connectivity index (χ3v) is 4.49. The highest BCUT2D eigenvalue weighted by Crippen LogP contribution is 2.31. The Hall–Kier alpha value is -2.15. The highest BCUT2D eigenvalue weighted by molar-refractivity contribution is 5.76. The van der Waals surface area contributed by atoms with E-state index in [0.29, 0.717) is 13.0 Å². The van der Waals surface area contributed by atoms with Gasteiger partial charge in [-0.25, -0.2) is 4.98 Å². The number of aliphatic hydroxyl groups excluding tert-OH is 1. The van der Waals surface area contributed by atoms with Crippen LogP contribution in [0.5, 0.6) is 0 Å². The number of rotatable bonds is 5. The van der Waals surface area contributed by atoms with E-state index in [1.54, 1.807) is 10.9 Å². The summed E-state index contributed by atoms with van der Waals surface area (Å²) >= 11 is 0. The van der Waals surface area contributed by atoms with Crippen molar-refractivity contribution < 1.29 is 9.90 Å². The fraction of sp³-hybridized carbons (Fsp3) is 0.562. The third kappa shape index (κ3) is 3.44. The number of carbonyl (C=O) groups is 1. The van der Waals surface area contributed by atoms with Gasteiger partial charge in [-0.05, 0) is 32.8 Å². The Kier molecular flexibility index (Phi) is 4.47. The normalized spacial score (nSPS) is 24.0. The van der Waals surface area contributed by atoms with Gasteiger partial charge in [-0.2, -0.15) is 5.10 Å². The molecule has 0 saturated heterocycles. The Morgan fingerprint density at radius 1 is 1.39 bits per heavy atom. The fourth-order valence-electron chi connectivity index (χ4n) is 3.24. The number of hydrogen-bond acceptors (Lipinski definition) is 4. The maximum absolute atomic E-state index is 12.1. The topological polar surface area (TPSA) is 85.0 Å². The molecule has 2 N–H and O–H groups in total. The van der Waals surface area contributed by atoms with Gasteiger partial charge in [0.05, 0.1) is 23.9 Å². The zero-order valence-corrected chi connectivity index (χ0v) is 13.5. The fourth-order valence-corrected chi connectivity index (χ4v) is 3.24. The lowest BCUT2D eigenvalue weighted by atomic mass is 10.1. The van der Waals surface area contributed by atoms with Gasteiger partial charge in [0.1, 0.15) is 5.82 Å². The van der Waals surface area contributed by atoms with Crippen LogP contribution >= 0.6 is 0 Å². The molecule has 1 fully saturated rings. The number of imidazole rings is 1. The lowest BCUT2D eigenvalue weighted by molar-refractivity contribution is -0.122. The molecule has 0 spiro atoms. The predicted octanol–water partition coefficient (Wildman–Crippen LogP) is 0.967. The number of aliphatic hydroxyl groups is 1. The van der Waals surface area contributed by atoms with E-state index in [9.17, 15) is 9.90 Å². The molecule has 2 heterocycles. The standard InChI is InChI=1S/C16H23N5O2/c1-11-5-8-20(19-11)9-6-15(22)18-13-3-4-14(16(13)23)21-10-7-17-12(21)2/h5,7-8,10,13-14,16,23H,3-4,6,9H2,1-2H3,(H,18,22)/t13-,14-,16-/m1/s1. The minimum Gasteiger partial charge on any atom is -0.389 e. The molecule has 7 heteroatoms. The van der Waals surface area contributed by atoms with Crippen molar-refractivity contribution in [2.75, 3.05) is 0 Å². The van der Waals surface area contributed by atoms with E-state index in [1.165, 1.54) is 0 Å². The second-order valence-corrected chi connectivity index (χ2v) is 6.16. The van der Waals surface area contributed by atoms with Crippen LogP contribution in [0.1, 0.15) is 36.8 Å². The highest BCUT2D eigenvalue weighted by Gasteiger charge is 2.36. The molecular weight excluding hydrogens is 294 g/mol. The predicted molar refractivity (Wildman–Crippen MR) is 84.8 cm³/mol. The van der Waals surface area contributed by atoms with Gasteiger partial charge in [-0.1, -0.05) is 0 Å². The number of hydrogen-bond donors (Lipinski definition) is 2. The number of amides is 1. The van der Waals surface area contributed by atoms with Crippen LogP contribution in [-0.4, -0.2) is 42.5 Å². The van der Waals surface area contributed by atoms with Crippen LogP contribution in [0.2, 0.25) is 0 Å². The molecule has 3 rings (SSSR count). The maximum atomic E-state index is 12.1. The first-order valence-corrected chi connectivity index (χ1v) is 8.01. The summed E-state index contributed by atoms with van der Waals surface area (Å²) in [6.07, 6.45) is 6.87. The van der Waals surface area contributed by atoms with Gasteiger partial charge in [0, 0.05) is 31.6 Å². The highest BCUT2D eigenvalue weighted by atomic mass is 16.3. The molecule has 3 atom stereocenters. The molecule has 0 bridgehead atoms. The summed E-state index contributed by atoms with van der Waals surface area (Å²) in [5, 5.41) is 17.7. The van der Waals surface area contributed by atoms with E-state index >= 15 is 0 Å². The Morgan fingerprint density at radius 3 is 2.87 bits per heavy atom. The molecule has 0 radical (unpaired) electrons. The molecule has 23 heavy (non-hydrogen) atoms. The zero-order valence-electron chi connectivity index (χ0n) is 13.5. The monoisotopic (exact) mass is 317 g/mol. The molecular formula is C16H23N5O2. The van der Waals surface area contributed by atoms with Crippen LogP contribution in [0.15, 0.2) is 24.7 Å². The number of aromatic nitrogens is 4. The van der Waals surface area contributed by atoms with E-state index < -0.39 is 6.10 Å². The van der Waals surface area contributed by atoms with Gasteiger partial charge in [-0.3, -0.25) is 9.48 Å². The summed E-state index contributed by atoms with van der Waals surface area (Å²) in [6.45, 7) is 4.39.